The van der Waals surface area contributed by atoms with Gasteiger partial charge in [-0.1, -0.05) is 17.3 Å². The average Bonchev–Trinajstić information content (AvgIpc) is 3.42. The van der Waals surface area contributed by atoms with E-state index in [9.17, 15) is 4.79 Å². The highest BCUT2D eigenvalue weighted by Crippen LogP contribution is 2.32. The number of ether oxygens (including phenoxy) is 1. The summed E-state index contributed by atoms with van der Waals surface area (Å²) >= 11 is 1.47. The van der Waals surface area contributed by atoms with Gasteiger partial charge in [-0.2, -0.15) is 0 Å². The summed E-state index contributed by atoms with van der Waals surface area (Å²) in [5.74, 6) is 1.04. The molecule has 4 aromatic rings. The first-order chi connectivity index (χ1) is 14.0. The molecule has 4 rings (SSSR count). The predicted octanol–water partition coefficient (Wildman–Crippen LogP) is 4.04. The van der Waals surface area contributed by atoms with Crippen molar-refractivity contribution in [1.82, 2.24) is 14.7 Å². The first-order valence-electron chi connectivity index (χ1n) is 8.98. The lowest BCUT2D eigenvalue weighted by Crippen LogP contribution is -2.12. The van der Waals surface area contributed by atoms with E-state index in [2.05, 4.69) is 5.16 Å². The summed E-state index contributed by atoms with van der Waals surface area (Å²) in [5, 5.41) is 6.73. The lowest BCUT2D eigenvalue weighted by Gasteiger charge is -2.12. The Bertz CT molecular complexity index is 1190. The number of thiazole rings is 1. The Hall–Kier alpha value is -3.39. The molecule has 1 amide bonds. The maximum atomic E-state index is 11.9. The summed E-state index contributed by atoms with van der Waals surface area (Å²) in [6.07, 6.45) is 0. The number of hydrogen-bond acceptors (Lipinski definition) is 6. The molecular weight excluding hydrogens is 388 g/mol. The molecule has 0 radical (unpaired) electrons. The van der Waals surface area contributed by atoms with Gasteiger partial charge in [0.2, 0.25) is 0 Å². The van der Waals surface area contributed by atoms with Crippen molar-refractivity contribution in [3.05, 3.63) is 64.4 Å². The third-order valence-electron chi connectivity index (χ3n) is 4.72. The SMILES string of the molecule is COc1cccc(Cn2c(-c3csc(-c4cc(C)on4)n3)cc(C(N)=O)c2C)c1. The minimum atomic E-state index is -0.462. The number of benzene rings is 1. The van der Waals surface area contributed by atoms with Crippen LogP contribution < -0.4 is 10.5 Å². The second-order valence-corrected chi connectivity index (χ2v) is 7.55. The first kappa shape index (κ1) is 18.9. The van der Waals surface area contributed by atoms with Crippen molar-refractivity contribution in [2.75, 3.05) is 7.11 Å². The smallest absolute Gasteiger partial charge is 0.250 e. The highest BCUT2D eigenvalue weighted by molar-refractivity contribution is 7.13. The number of rotatable bonds is 6. The molecule has 0 unspecified atom stereocenters. The van der Waals surface area contributed by atoms with E-state index >= 15 is 0 Å². The standard InChI is InChI=1S/C21H20N4O3S/c1-12-7-17(24-28-12)21-23-18(11-29-21)19-9-16(20(22)26)13(2)25(19)10-14-5-4-6-15(8-14)27-3/h4-9,11H,10H2,1-3H3,(H2,22,26). The number of primary amides is 1. The number of carbonyl (C=O) groups is 1. The summed E-state index contributed by atoms with van der Waals surface area (Å²) in [7, 11) is 1.64. The Morgan fingerprint density at radius 2 is 2.07 bits per heavy atom. The summed E-state index contributed by atoms with van der Waals surface area (Å²) in [6.45, 7) is 4.28. The molecule has 0 aliphatic carbocycles. The molecule has 2 N–H and O–H groups in total. The molecular formula is C21H20N4O3S. The molecule has 0 spiro atoms. The van der Waals surface area contributed by atoms with Crippen LogP contribution in [-0.4, -0.2) is 27.7 Å². The van der Waals surface area contributed by atoms with Crippen molar-refractivity contribution >= 4 is 17.2 Å². The Morgan fingerprint density at radius 1 is 1.24 bits per heavy atom. The van der Waals surface area contributed by atoms with Gasteiger partial charge in [0.05, 0.1) is 24.1 Å². The van der Waals surface area contributed by atoms with E-state index < -0.39 is 5.91 Å². The van der Waals surface area contributed by atoms with Gasteiger partial charge in [0.25, 0.3) is 5.91 Å². The van der Waals surface area contributed by atoms with Crippen molar-refractivity contribution < 1.29 is 14.1 Å². The number of nitrogens with two attached hydrogens (primary N) is 1. The second kappa shape index (κ2) is 7.56. The summed E-state index contributed by atoms with van der Waals surface area (Å²) in [4.78, 5) is 16.7. The van der Waals surface area contributed by atoms with Crippen molar-refractivity contribution in [1.29, 1.82) is 0 Å². The molecule has 148 valence electrons. The number of nitrogens with zero attached hydrogens (tertiary/aromatic N) is 3. The molecule has 0 saturated heterocycles. The lowest BCUT2D eigenvalue weighted by molar-refractivity contribution is 0.0999. The van der Waals surface area contributed by atoms with Crippen LogP contribution in [0.3, 0.4) is 0 Å². The zero-order valence-corrected chi connectivity index (χ0v) is 17.1. The topological polar surface area (TPSA) is 96.2 Å². The molecule has 0 fully saturated rings. The first-order valence-corrected chi connectivity index (χ1v) is 9.86. The van der Waals surface area contributed by atoms with Gasteiger partial charge in [0.1, 0.15) is 22.2 Å². The molecule has 0 atom stereocenters. The fraction of sp³-hybridized carbons (Fsp3) is 0.190. The van der Waals surface area contributed by atoms with Crippen molar-refractivity contribution in [2.45, 2.75) is 20.4 Å². The van der Waals surface area contributed by atoms with E-state index in [4.69, 9.17) is 20.0 Å². The maximum Gasteiger partial charge on any atom is 0.250 e. The predicted molar refractivity (Wildman–Crippen MR) is 111 cm³/mol. The largest absolute Gasteiger partial charge is 0.497 e. The third-order valence-corrected chi connectivity index (χ3v) is 5.59. The van der Waals surface area contributed by atoms with E-state index in [0.717, 1.165) is 39.2 Å². The zero-order valence-electron chi connectivity index (χ0n) is 16.3. The van der Waals surface area contributed by atoms with Crippen molar-refractivity contribution in [3.8, 4) is 27.8 Å². The van der Waals surface area contributed by atoms with Gasteiger partial charge < -0.3 is 19.6 Å². The number of aromatic nitrogens is 3. The molecule has 0 aliphatic heterocycles. The summed E-state index contributed by atoms with van der Waals surface area (Å²) in [5.41, 5.74) is 10.2. The minimum Gasteiger partial charge on any atom is -0.497 e. The van der Waals surface area contributed by atoms with Crippen LogP contribution in [0.4, 0.5) is 0 Å². The lowest BCUT2D eigenvalue weighted by atomic mass is 10.2. The molecule has 3 aromatic heterocycles. The van der Waals surface area contributed by atoms with Gasteiger partial charge in [-0.25, -0.2) is 4.98 Å². The maximum absolute atomic E-state index is 11.9. The van der Waals surface area contributed by atoms with Crippen LogP contribution in [-0.2, 0) is 6.54 Å². The fourth-order valence-electron chi connectivity index (χ4n) is 3.24. The highest BCUT2D eigenvalue weighted by Gasteiger charge is 2.20. The van der Waals surface area contributed by atoms with E-state index in [1.54, 1.807) is 13.2 Å². The molecule has 0 saturated carbocycles. The molecule has 0 bridgehead atoms. The Labute approximate surface area is 171 Å². The Balaban J connectivity index is 1.77. The third kappa shape index (κ3) is 3.66. The van der Waals surface area contributed by atoms with Gasteiger partial charge in [-0.3, -0.25) is 4.79 Å². The number of carbonyl (C=O) groups excluding carboxylic acids is 1. The van der Waals surface area contributed by atoms with Gasteiger partial charge in [0.15, 0.2) is 0 Å². The van der Waals surface area contributed by atoms with Crippen molar-refractivity contribution in [3.63, 3.8) is 0 Å². The monoisotopic (exact) mass is 408 g/mol. The second-order valence-electron chi connectivity index (χ2n) is 6.69. The van der Waals surface area contributed by atoms with E-state index in [1.807, 2.05) is 54.1 Å². The van der Waals surface area contributed by atoms with E-state index in [1.165, 1.54) is 11.3 Å². The van der Waals surface area contributed by atoms with E-state index in [0.29, 0.717) is 17.8 Å². The Morgan fingerprint density at radius 3 is 2.76 bits per heavy atom. The van der Waals surface area contributed by atoms with Crippen LogP contribution in [0.1, 0.15) is 27.4 Å². The van der Waals surface area contributed by atoms with Crippen LogP contribution in [0.2, 0.25) is 0 Å². The van der Waals surface area contributed by atoms with E-state index in [-0.39, 0.29) is 0 Å². The van der Waals surface area contributed by atoms with Crippen LogP contribution >= 0.6 is 11.3 Å². The van der Waals surface area contributed by atoms with Gasteiger partial charge in [-0.15, -0.1) is 11.3 Å². The highest BCUT2D eigenvalue weighted by atomic mass is 32.1. The molecule has 3 heterocycles. The zero-order chi connectivity index (χ0) is 20.5. The van der Waals surface area contributed by atoms with Gasteiger partial charge in [0, 0.05) is 23.7 Å². The number of methoxy groups -OCH3 is 1. The number of hydrogen-bond donors (Lipinski definition) is 1. The van der Waals surface area contributed by atoms with Crippen LogP contribution in [0.5, 0.6) is 5.75 Å². The summed E-state index contributed by atoms with van der Waals surface area (Å²) in [6, 6.07) is 11.5. The summed E-state index contributed by atoms with van der Waals surface area (Å²) < 4.78 is 12.5. The molecule has 1 aromatic carbocycles. The molecule has 8 heteroatoms. The molecule has 7 nitrogen and oxygen atoms in total. The number of aryl methyl sites for hydroxylation is 1. The Kier molecular flexibility index (Phi) is 4.94. The number of amides is 1. The van der Waals surface area contributed by atoms with Crippen LogP contribution in [0.25, 0.3) is 22.1 Å². The van der Waals surface area contributed by atoms with Crippen LogP contribution in [0, 0.1) is 13.8 Å². The fourth-order valence-corrected chi connectivity index (χ4v) is 4.00. The average molecular weight is 408 g/mol. The normalized spacial score (nSPS) is 11.0. The van der Waals surface area contributed by atoms with Crippen LogP contribution in [0.15, 0.2) is 46.3 Å². The minimum absolute atomic E-state index is 0.462. The van der Waals surface area contributed by atoms with Gasteiger partial charge in [-0.05, 0) is 37.6 Å². The van der Waals surface area contributed by atoms with Gasteiger partial charge >= 0.3 is 0 Å². The van der Waals surface area contributed by atoms with Crippen molar-refractivity contribution in [2.24, 2.45) is 5.73 Å². The molecule has 29 heavy (non-hydrogen) atoms. The molecule has 0 aliphatic rings. The quantitative estimate of drug-likeness (QED) is 0.519.